The van der Waals surface area contributed by atoms with Gasteiger partial charge in [-0.05, 0) is 42.5 Å². The molecular formula is C23H19FN4O3. The first-order valence-corrected chi connectivity index (χ1v) is 9.38. The highest BCUT2D eigenvalue weighted by Gasteiger charge is 2.12. The van der Waals surface area contributed by atoms with Gasteiger partial charge in [-0.25, -0.2) is 14.4 Å². The van der Waals surface area contributed by atoms with Gasteiger partial charge in [-0.3, -0.25) is 4.79 Å². The molecule has 0 saturated heterocycles. The van der Waals surface area contributed by atoms with E-state index in [9.17, 15) is 9.18 Å². The summed E-state index contributed by atoms with van der Waals surface area (Å²) in [5.41, 5.74) is 1.97. The molecule has 31 heavy (non-hydrogen) atoms. The van der Waals surface area contributed by atoms with E-state index in [1.807, 2.05) is 0 Å². The highest BCUT2D eigenvalue weighted by atomic mass is 19.1. The summed E-state index contributed by atoms with van der Waals surface area (Å²) in [5, 5.41) is 6.68. The first-order valence-electron chi connectivity index (χ1n) is 9.38. The largest absolute Gasteiger partial charge is 0.493 e. The second-order valence-corrected chi connectivity index (χ2v) is 6.58. The Labute approximate surface area is 177 Å². The Hall–Kier alpha value is -4.20. The van der Waals surface area contributed by atoms with Crippen LogP contribution in [-0.2, 0) is 0 Å². The van der Waals surface area contributed by atoms with Crippen LogP contribution in [-0.4, -0.2) is 30.1 Å². The zero-order valence-corrected chi connectivity index (χ0v) is 16.8. The van der Waals surface area contributed by atoms with Crippen LogP contribution >= 0.6 is 0 Å². The van der Waals surface area contributed by atoms with Crippen molar-refractivity contribution in [2.75, 3.05) is 24.9 Å². The molecule has 0 aliphatic rings. The van der Waals surface area contributed by atoms with E-state index in [-0.39, 0.29) is 5.56 Å². The topological polar surface area (TPSA) is 85.4 Å². The lowest BCUT2D eigenvalue weighted by Gasteiger charge is -2.12. The smallest absolute Gasteiger partial charge is 0.258 e. The van der Waals surface area contributed by atoms with Gasteiger partial charge in [-0.15, -0.1) is 0 Å². The predicted molar refractivity (Wildman–Crippen MR) is 117 cm³/mol. The third-order valence-electron chi connectivity index (χ3n) is 4.66. The van der Waals surface area contributed by atoms with Crippen molar-refractivity contribution in [3.63, 3.8) is 0 Å². The molecule has 156 valence electrons. The fourth-order valence-corrected chi connectivity index (χ4v) is 3.10. The van der Waals surface area contributed by atoms with Crippen molar-refractivity contribution < 1.29 is 18.7 Å². The summed E-state index contributed by atoms with van der Waals surface area (Å²) in [6.45, 7) is 0. The lowest BCUT2D eigenvalue weighted by molar-refractivity contribution is 0.102. The Bertz CT molecular complexity index is 1250. The number of rotatable bonds is 6. The highest BCUT2D eigenvalue weighted by molar-refractivity contribution is 6.04. The number of hydrogen-bond donors (Lipinski definition) is 2. The van der Waals surface area contributed by atoms with E-state index in [4.69, 9.17) is 9.47 Å². The second kappa shape index (κ2) is 8.66. The van der Waals surface area contributed by atoms with Gasteiger partial charge in [0, 0.05) is 22.8 Å². The van der Waals surface area contributed by atoms with E-state index in [0.29, 0.717) is 28.5 Å². The first kappa shape index (κ1) is 20.1. The van der Waals surface area contributed by atoms with Crippen LogP contribution in [0.15, 0.2) is 67.0 Å². The molecule has 0 aliphatic carbocycles. The molecule has 2 N–H and O–H groups in total. The average Bonchev–Trinajstić information content (AvgIpc) is 2.80. The molecule has 4 aromatic rings. The number of benzene rings is 3. The van der Waals surface area contributed by atoms with Gasteiger partial charge in [0.2, 0.25) is 0 Å². The summed E-state index contributed by atoms with van der Waals surface area (Å²) in [5.74, 6) is 0.658. The summed E-state index contributed by atoms with van der Waals surface area (Å²) in [6, 6.07) is 16.4. The second-order valence-electron chi connectivity index (χ2n) is 6.58. The number of hydrogen-bond acceptors (Lipinski definition) is 6. The lowest BCUT2D eigenvalue weighted by atomic mass is 10.2. The molecule has 0 unspecified atom stereocenters. The van der Waals surface area contributed by atoms with Gasteiger partial charge in [0.25, 0.3) is 5.91 Å². The van der Waals surface area contributed by atoms with Crippen LogP contribution in [0, 0.1) is 5.82 Å². The molecule has 0 saturated carbocycles. The third kappa shape index (κ3) is 4.23. The number of methoxy groups -OCH3 is 2. The molecule has 0 fully saturated rings. The lowest BCUT2D eigenvalue weighted by Crippen LogP contribution is -2.13. The number of carbonyl (C=O) groups excluding carboxylic acids is 1. The minimum atomic E-state index is -0.569. The van der Waals surface area contributed by atoms with Gasteiger partial charge in [0.05, 0.1) is 25.3 Å². The Morgan fingerprint density at radius 3 is 2.29 bits per heavy atom. The maximum atomic E-state index is 13.8. The Morgan fingerprint density at radius 1 is 0.903 bits per heavy atom. The average molecular weight is 418 g/mol. The normalized spacial score (nSPS) is 10.5. The standard InChI is InChI=1S/C23H19FN4O3/c1-30-20-11-17-19(12-21(20)31-2)25-13-26-22(17)27-14-7-9-15(10-8-14)28-23(29)16-5-3-4-6-18(16)24/h3-13H,1-2H3,(H,28,29)(H,25,26,27). The van der Waals surface area contributed by atoms with Crippen molar-refractivity contribution in [3.8, 4) is 11.5 Å². The molecule has 0 bridgehead atoms. The molecular weight excluding hydrogens is 399 g/mol. The first-order chi connectivity index (χ1) is 15.1. The zero-order chi connectivity index (χ0) is 21.8. The summed E-state index contributed by atoms with van der Waals surface area (Å²) < 4.78 is 24.5. The van der Waals surface area contributed by atoms with E-state index >= 15 is 0 Å². The van der Waals surface area contributed by atoms with Gasteiger partial charge < -0.3 is 20.1 Å². The van der Waals surface area contributed by atoms with E-state index in [1.54, 1.807) is 56.7 Å². The maximum Gasteiger partial charge on any atom is 0.258 e. The predicted octanol–water partition coefficient (Wildman–Crippen LogP) is 4.78. The van der Waals surface area contributed by atoms with Crippen LogP contribution in [0.3, 0.4) is 0 Å². The molecule has 0 radical (unpaired) electrons. The number of carbonyl (C=O) groups is 1. The van der Waals surface area contributed by atoms with Crippen LogP contribution in [0.25, 0.3) is 10.9 Å². The Kier molecular flexibility index (Phi) is 5.61. The van der Waals surface area contributed by atoms with E-state index in [0.717, 1.165) is 11.1 Å². The van der Waals surface area contributed by atoms with Crippen molar-refractivity contribution in [2.45, 2.75) is 0 Å². The molecule has 1 heterocycles. The molecule has 8 heteroatoms. The quantitative estimate of drug-likeness (QED) is 0.469. The van der Waals surface area contributed by atoms with E-state index < -0.39 is 11.7 Å². The number of fused-ring (bicyclic) bond motifs is 1. The van der Waals surface area contributed by atoms with Crippen LogP contribution in [0.2, 0.25) is 0 Å². The Balaban J connectivity index is 1.55. The van der Waals surface area contributed by atoms with Crippen LogP contribution in [0.5, 0.6) is 11.5 Å². The summed E-state index contributed by atoms with van der Waals surface area (Å²) >= 11 is 0. The number of amides is 1. The number of halogens is 1. The van der Waals surface area contributed by atoms with E-state index in [2.05, 4.69) is 20.6 Å². The molecule has 4 rings (SSSR count). The molecule has 1 aromatic heterocycles. The maximum absolute atomic E-state index is 13.8. The molecule has 1 amide bonds. The van der Waals surface area contributed by atoms with Crippen molar-refractivity contribution in [1.29, 1.82) is 0 Å². The molecule has 3 aromatic carbocycles. The van der Waals surface area contributed by atoms with Crippen molar-refractivity contribution in [1.82, 2.24) is 9.97 Å². The van der Waals surface area contributed by atoms with Gasteiger partial charge >= 0.3 is 0 Å². The summed E-state index contributed by atoms with van der Waals surface area (Å²) in [4.78, 5) is 20.9. The minimum Gasteiger partial charge on any atom is -0.493 e. The van der Waals surface area contributed by atoms with Gasteiger partial charge in [0.1, 0.15) is 18.0 Å². The summed E-state index contributed by atoms with van der Waals surface area (Å²) in [6.07, 6.45) is 1.46. The summed E-state index contributed by atoms with van der Waals surface area (Å²) in [7, 11) is 3.13. The van der Waals surface area contributed by atoms with Gasteiger partial charge in [-0.1, -0.05) is 12.1 Å². The van der Waals surface area contributed by atoms with Crippen molar-refractivity contribution in [2.24, 2.45) is 0 Å². The van der Waals surface area contributed by atoms with Crippen molar-refractivity contribution >= 4 is 34.0 Å². The number of ether oxygens (including phenoxy) is 2. The zero-order valence-electron chi connectivity index (χ0n) is 16.8. The molecule has 7 nitrogen and oxygen atoms in total. The SMILES string of the molecule is COc1cc2ncnc(Nc3ccc(NC(=O)c4ccccc4F)cc3)c2cc1OC. The fraction of sp³-hybridized carbons (Fsp3) is 0.0870. The number of nitrogens with zero attached hydrogens (tertiary/aromatic N) is 2. The fourth-order valence-electron chi connectivity index (χ4n) is 3.10. The minimum absolute atomic E-state index is 0.0125. The third-order valence-corrected chi connectivity index (χ3v) is 4.66. The van der Waals surface area contributed by atoms with E-state index in [1.165, 1.54) is 24.5 Å². The number of aromatic nitrogens is 2. The van der Waals surface area contributed by atoms with Crippen LogP contribution in [0.1, 0.15) is 10.4 Å². The molecule has 0 aliphatic heterocycles. The number of nitrogens with one attached hydrogen (secondary N) is 2. The number of anilines is 3. The van der Waals surface area contributed by atoms with Gasteiger partial charge in [0.15, 0.2) is 11.5 Å². The Morgan fingerprint density at radius 2 is 1.58 bits per heavy atom. The van der Waals surface area contributed by atoms with Gasteiger partial charge in [-0.2, -0.15) is 0 Å². The van der Waals surface area contributed by atoms with Crippen LogP contribution in [0.4, 0.5) is 21.6 Å². The van der Waals surface area contributed by atoms with Crippen molar-refractivity contribution in [3.05, 3.63) is 78.4 Å². The monoisotopic (exact) mass is 418 g/mol. The molecule has 0 atom stereocenters. The van der Waals surface area contributed by atoms with Crippen LogP contribution < -0.4 is 20.1 Å². The highest BCUT2D eigenvalue weighted by Crippen LogP contribution is 2.34. The molecule has 0 spiro atoms.